The largest absolute Gasteiger partial charge is 0.367 e. The second kappa shape index (κ2) is 7.89. The van der Waals surface area contributed by atoms with Crippen LogP contribution in [0.25, 0.3) is 0 Å². The third-order valence-corrected chi connectivity index (χ3v) is 4.70. The van der Waals surface area contributed by atoms with Crippen molar-refractivity contribution in [1.29, 1.82) is 0 Å². The average molecular weight is 374 g/mol. The van der Waals surface area contributed by atoms with Crippen molar-refractivity contribution >= 4 is 27.5 Å². The third kappa shape index (κ3) is 4.74. The van der Waals surface area contributed by atoms with E-state index < -0.39 is 10.0 Å². The molecular formula is C15H18N8O2S. The van der Waals surface area contributed by atoms with Gasteiger partial charge in [-0.25, -0.2) is 23.1 Å². The molecule has 0 aromatic carbocycles. The van der Waals surface area contributed by atoms with Gasteiger partial charge in [0.15, 0.2) is 10.8 Å². The number of nitrogens with zero attached hydrogens (tertiary/aromatic N) is 4. The molecule has 0 aliphatic carbocycles. The van der Waals surface area contributed by atoms with Crippen LogP contribution in [0.4, 0.5) is 17.5 Å². The van der Waals surface area contributed by atoms with Crippen molar-refractivity contribution < 1.29 is 8.42 Å². The minimum atomic E-state index is -3.58. The highest BCUT2D eigenvalue weighted by Gasteiger charge is 2.14. The lowest BCUT2D eigenvalue weighted by Gasteiger charge is -2.08. The summed E-state index contributed by atoms with van der Waals surface area (Å²) in [5, 5.41) is 14.1. The molecule has 0 fully saturated rings. The molecule has 0 unspecified atom stereocenters. The molecule has 0 spiro atoms. The molecule has 0 aliphatic heterocycles. The molecule has 3 heterocycles. The molecule has 136 valence electrons. The third-order valence-electron chi connectivity index (χ3n) is 3.32. The number of aromatic nitrogens is 5. The standard InChI is InChI=1S/C15H18N8O2S/c1-11-2-3-12(18-8-11)21-14-5-4-13(22-23-14)17-6-7-20-26(24,25)15-9-16-10-19-15/h2-5,8-10,20H,6-7H2,1H3,(H,16,19)(H,17,22)(H,18,21,23). The lowest BCUT2D eigenvalue weighted by molar-refractivity contribution is 0.579. The van der Waals surface area contributed by atoms with E-state index in [1.165, 1.54) is 12.5 Å². The Balaban J connectivity index is 1.46. The Hall–Kier alpha value is -3.05. The van der Waals surface area contributed by atoms with Crippen molar-refractivity contribution in [3.63, 3.8) is 0 Å². The van der Waals surface area contributed by atoms with Gasteiger partial charge in [0.05, 0.1) is 12.5 Å². The van der Waals surface area contributed by atoms with Gasteiger partial charge in [-0.05, 0) is 30.7 Å². The van der Waals surface area contributed by atoms with Gasteiger partial charge in [-0.2, -0.15) is 0 Å². The van der Waals surface area contributed by atoms with Crippen molar-refractivity contribution in [2.45, 2.75) is 11.9 Å². The number of pyridine rings is 1. The van der Waals surface area contributed by atoms with Gasteiger partial charge in [0, 0.05) is 19.3 Å². The molecule has 0 radical (unpaired) electrons. The van der Waals surface area contributed by atoms with Crippen LogP contribution in [0.3, 0.4) is 0 Å². The molecule has 3 aromatic rings. The minimum Gasteiger partial charge on any atom is -0.367 e. The van der Waals surface area contributed by atoms with Gasteiger partial charge in [0.2, 0.25) is 0 Å². The lowest BCUT2D eigenvalue weighted by Crippen LogP contribution is -2.29. The van der Waals surface area contributed by atoms with Crippen molar-refractivity contribution in [2.24, 2.45) is 0 Å². The van der Waals surface area contributed by atoms with Crippen LogP contribution in [-0.2, 0) is 10.0 Å². The van der Waals surface area contributed by atoms with Gasteiger partial charge >= 0.3 is 0 Å². The van der Waals surface area contributed by atoms with Gasteiger partial charge in [0.1, 0.15) is 11.6 Å². The first-order chi connectivity index (χ1) is 12.5. The Morgan fingerprint density at radius 3 is 2.42 bits per heavy atom. The predicted molar refractivity (Wildman–Crippen MR) is 96.6 cm³/mol. The number of imidazole rings is 1. The van der Waals surface area contributed by atoms with E-state index in [-0.39, 0.29) is 11.6 Å². The molecule has 0 saturated carbocycles. The molecule has 11 heteroatoms. The fourth-order valence-corrected chi connectivity index (χ4v) is 2.94. The zero-order valence-electron chi connectivity index (χ0n) is 14.0. The Kier molecular flexibility index (Phi) is 5.39. The van der Waals surface area contributed by atoms with Crippen LogP contribution >= 0.6 is 0 Å². The molecule has 0 atom stereocenters. The van der Waals surface area contributed by atoms with Gasteiger partial charge in [-0.15, -0.1) is 10.2 Å². The second-order valence-electron chi connectivity index (χ2n) is 5.39. The summed E-state index contributed by atoms with van der Waals surface area (Å²) in [5.74, 6) is 1.78. The monoisotopic (exact) mass is 374 g/mol. The first kappa shape index (κ1) is 17.8. The van der Waals surface area contributed by atoms with E-state index in [0.717, 1.165) is 5.56 Å². The van der Waals surface area contributed by atoms with Crippen LogP contribution in [0.1, 0.15) is 5.56 Å². The van der Waals surface area contributed by atoms with E-state index in [9.17, 15) is 8.42 Å². The van der Waals surface area contributed by atoms with E-state index in [1.807, 2.05) is 19.1 Å². The molecule has 0 amide bonds. The van der Waals surface area contributed by atoms with Crippen molar-refractivity contribution in [3.05, 3.63) is 48.5 Å². The number of aryl methyl sites for hydroxylation is 1. The van der Waals surface area contributed by atoms with Crippen LogP contribution in [-0.4, -0.2) is 46.7 Å². The van der Waals surface area contributed by atoms with Crippen LogP contribution in [0.5, 0.6) is 0 Å². The number of rotatable bonds is 8. The fraction of sp³-hybridized carbons (Fsp3) is 0.200. The normalized spacial score (nSPS) is 11.3. The summed E-state index contributed by atoms with van der Waals surface area (Å²) in [7, 11) is -3.58. The molecule has 3 rings (SSSR count). The number of sulfonamides is 1. The lowest BCUT2D eigenvalue weighted by atomic mass is 10.3. The van der Waals surface area contributed by atoms with E-state index in [4.69, 9.17) is 0 Å². The zero-order valence-corrected chi connectivity index (χ0v) is 14.8. The van der Waals surface area contributed by atoms with Crippen LogP contribution < -0.4 is 15.4 Å². The molecule has 10 nitrogen and oxygen atoms in total. The summed E-state index contributed by atoms with van der Waals surface area (Å²) in [5.41, 5.74) is 1.07. The van der Waals surface area contributed by atoms with E-state index in [2.05, 4.69) is 40.5 Å². The Bertz CT molecular complexity index is 925. The maximum atomic E-state index is 11.9. The first-order valence-electron chi connectivity index (χ1n) is 7.78. The molecule has 0 aliphatic rings. The number of hydrogen-bond acceptors (Lipinski definition) is 8. The highest BCUT2D eigenvalue weighted by molar-refractivity contribution is 7.89. The van der Waals surface area contributed by atoms with Gasteiger partial charge in [-0.3, -0.25) is 0 Å². The molecule has 0 bridgehead atoms. The Morgan fingerprint density at radius 1 is 1.00 bits per heavy atom. The van der Waals surface area contributed by atoms with Crippen molar-refractivity contribution in [3.8, 4) is 0 Å². The van der Waals surface area contributed by atoms with Crippen LogP contribution in [0, 0.1) is 6.92 Å². The summed E-state index contributed by atoms with van der Waals surface area (Å²) < 4.78 is 26.2. The minimum absolute atomic E-state index is 0.0254. The first-order valence-corrected chi connectivity index (χ1v) is 9.26. The SMILES string of the molecule is Cc1ccc(Nc2ccc(NCCNS(=O)(=O)c3cnc[nH]3)nn2)nc1. The molecule has 0 saturated heterocycles. The van der Waals surface area contributed by atoms with E-state index in [0.29, 0.717) is 24.0 Å². The van der Waals surface area contributed by atoms with Gasteiger partial charge in [0.25, 0.3) is 10.0 Å². The summed E-state index contributed by atoms with van der Waals surface area (Å²) in [4.78, 5) is 10.5. The molecule has 4 N–H and O–H groups in total. The fourth-order valence-electron chi connectivity index (χ4n) is 2.01. The maximum Gasteiger partial charge on any atom is 0.257 e. The molecular weight excluding hydrogens is 356 g/mol. The maximum absolute atomic E-state index is 11.9. The summed E-state index contributed by atoms with van der Waals surface area (Å²) in [6, 6.07) is 7.30. The van der Waals surface area contributed by atoms with Crippen LogP contribution in [0.2, 0.25) is 0 Å². The summed E-state index contributed by atoms with van der Waals surface area (Å²) in [6.07, 6.45) is 4.32. The van der Waals surface area contributed by atoms with Crippen molar-refractivity contribution in [1.82, 2.24) is 29.9 Å². The number of anilines is 3. The summed E-state index contributed by atoms with van der Waals surface area (Å²) >= 11 is 0. The Labute approximate surface area is 150 Å². The van der Waals surface area contributed by atoms with Gasteiger partial charge in [-0.1, -0.05) is 6.07 Å². The Morgan fingerprint density at radius 2 is 1.77 bits per heavy atom. The summed E-state index contributed by atoms with van der Waals surface area (Å²) in [6.45, 7) is 2.51. The average Bonchev–Trinajstić information content (AvgIpc) is 3.18. The van der Waals surface area contributed by atoms with E-state index >= 15 is 0 Å². The van der Waals surface area contributed by atoms with E-state index in [1.54, 1.807) is 18.3 Å². The van der Waals surface area contributed by atoms with Crippen molar-refractivity contribution in [2.75, 3.05) is 23.7 Å². The quantitative estimate of drug-likeness (QED) is 0.429. The number of nitrogens with one attached hydrogen (secondary N) is 4. The topological polar surface area (TPSA) is 138 Å². The number of hydrogen-bond donors (Lipinski definition) is 4. The molecule has 26 heavy (non-hydrogen) atoms. The number of H-pyrrole nitrogens is 1. The zero-order chi connectivity index (χ0) is 18.4. The molecule has 3 aromatic heterocycles. The van der Waals surface area contributed by atoms with Gasteiger partial charge < -0.3 is 15.6 Å². The highest BCUT2D eigenvalue weighted by Crippen LogP contribution is 2.12. The number of aromatic amines is 1. The highest BCUT2D eigenvalue weighted by atomic mass is 32.2. The van der Waals surface area contributed by atoms with Crippen LogP contribution in [0.15, 0.2) is 48.0 Å². The smallest absolute Gasteiger partial charge is 0.257 e. The second-order valence-corrected chi connectivity index (χ2v) is 7.13. The predicted octanol–water partition coefficient (Wildman–Crippen LogP) is 1.04.